The van der Waals surface area contributed by atoms with Crippen LogP contribution in [0.1, 0.15) is 23.2 Å². The number of carbonyl (C=O) groups is 2. The van der Waals surface area contributed by atoms with Crippen molar-refractivity contribution in [2.24, 2.45) is 0 Å². The predicted octanol–water partition coefficient (Wildman–Crippen LogP) is 2.94. The van der Waals surface area contributed by atoms with E-state index in [1.54, 1.807) is 23.1 Å². The maximum absolute atomic E-state index is 12.9. The normalized spacial score (nSPS) is 16.7. The van der Waals surface area contributed by atoms with E-state index in [2.05, 4.69) is 5.32 Å². The number of anilines is 1. The van der Waals surface area contributed by atoms with Crippen molar-refractivity contribution in [1.29, 1.82) is 0 Å². The number of rotatable bonds is 4. The Hall–Kier alpha value is -2.82. The van der Waals surface area contributed by atoms with E-state index in [9.17, 15) is 9.59 Å². The molecule has 0 radical (unpaired) electrons. The molecule has 5 heteroatoms. The van der Waals surface area contributed by atoms with Gasteiger partial charge in [-0.3, -0.25) is 9.59 Å². The van der Waals surface area contributed by atoms with Crippen LogP contribution in [-0.2, 0) is 4.79 Å². The lowest BCUT2D eigenvalue weighted by atomic mass is 10.1. The maximum Gasteiger partial charge on any atom is 0.258 e. The fourth-order valence-electron chi connectivity index (χ4n) is 3.01. The molecule has 0 aromatic heterocycles. The van der Waals surface area contributed by atoms with Crippen LogP contribution in [0.3, 0.4) is 0 Å². The van der Waals surface area contributed by atoms with Crippen molar-refractivity contribution in [3.8, 4) is 5.75 Å². The first kappa shape index (κ1) is 16.1. The molecule has 1 N–H and O–H groups in total. The summed E-state index contributed by atoms with van der Waals surface area (Å²) in [6.07, 6.45) is 1.48. The Labute approximate surface area is 141 Å². The van der Waals surface area contributed by atoms with Crippen LogP contribution < -0.4 is 10.1 Å². The molecular formula is C19H20N2O3. The van der Waals surface area contributed by atoms with Crippen molar-refractivity contribution in [2.45, 2.75) is 18.9 Å². The zero-order valence-corrected chi connectivity index (χ0v) is 13.6. The van der Waals surface area contributed by atoms with E-state index >= 15 is 0 Å². The van der Waals surface area contributed by atoms with Gasteiger partial charge in [-0.1, -0.05) is 30.3 Å². The van der Waals surface area contributed by atoms with E-state index in [1.807, 2.05) is 36.4 Å². The summed E-state index contributed by atoms with van der Waals surface area (Å²) in [6.45, 7) is 0.573. The molecule has 1 atom stereocenters. The second-order valence-corrected chi connectivity index (χ2v) is 5.71. The first-order valence-electron chi connectivity index (χ1n) is 8.00. The summed E-state index contributed by atoms with van der Waals surface area (Å²) < 4.78 is 5.27. The fourth-order valence-corrected chi connectivity index (χ4v) is 3.01. The molecule has 3 rings (SSSR count). The number of nitrogens with zero attached hydrogens (tertiary/aromatic N) is 1. The highest BCUT2D eigenvalue weighted by Gasteiger charge is 2.35. The van der Waals surface area contributed by atoms with Gasteiger partial charge >= 0.3 is 0 Å². The standard InChI is InChI=1S/C19H20N2O3/c1-24-17-12-6-5-10-15(17)19(23)21-13-7-11-16(21)18(22)20-14-8-3-2-4-9-14/h2-6,8-10,12,16H,7,11,13H2,1H3,(H,20,22). The molecule has 1 unspecified atom stereocenters. The monoisotopic (exact) mass is 324 g/mol. The molecule has 1 saturated heterocycles. The number of likely N-dealkylation sites (tertiary alicyclic amines) is 1. The summed E-state index contributed by atoms with van der Waals surface area (Å²) in [4.78, 5) is 27.1. The smallest absolute Gasteiger partial charge is 0.258 e. The quantitative estimate of drug-likeness (QED) is 0.941. The first-order valence-corrected chi connectivity index (χ1v) is 8.00. The van der Waals surface area contributed by atoms with Crippen LogP contribution >= 0.6 is 0 Å². The van der Waals surface area contributed by atoms with Crippen LogP contribution in [0, 0.1) is 0 Å². The summed E-state index contributed by atoms with van der Waals surface area (Å²) in [6, 6.07) is 15.9. The van der Waals surface area contributed by atoms with Crippen molar-refractivity contribution in [2.75, 3.05) is 19.0 Å². The lowest BCUT2D eigenvalue weighted by molar-refractivity contribution is -0.119. The lowest BCUT2D eigenvalue weighted by Gasteiger charge is -2.24. The third kappa shape index (κ3) is 3.25. The molecule has 24 heavy (non-hydrogen) atoms. The Kier molecular flexibility index (Phi) is 4.79. The minimum absolute atomic E-state index is 0.151. The Balaban J connectivity index is 1.77. The van der Waals surface area contributed by atoms with E-state index in [1.165, 1.54) is 7.11 Å². The van der Waals surface area contributed by atoms with Gasteiger partial charge < -0.3 is 15.0 Å². The molecule has 124 valence electrons. The van der Waals surface area contributed by atoms with E-state index in [-0.39, 0.29) is 11.8 Å². The molecule has 1 aliphatic heterocycles. The van der Waals surface area contributed by atoms with Gasteiger partial charge in [0.15, 0.2) is 0 Å². The first-order chi connectivity index (χ1) is 11.7. The minimum Gasteiger partial charge on any atom is -0.496 e. The number of amides is 2. The zero-order valence-electron chi connectivity index (χ0n) is 13.6. The van der Waals surface area contributed by atoms with Crippen molar-refractivity contribution in [1.82, 2.24) is 4.90 Å². The molecule has 2 aromatic rings. The molecule has 0 bridgehead atoms. The van der Waals surface area contributed by atoms with Gasteiger partial charge in [0, 0.05) is 12.2 Å². The number of hydrogen-bond donors (Lipinski definition) is 1. The molecule has 5 nitrogen and oxygen atoms in total. The molecule has 0 aliphatic carbocycles. The minimum atomic E-state index is -0.456. The van der Waals surface area contributed by atoms with Crippen molar-refractivity contribution < 1.29 is 14.3 Å². The number of ether oxygens (including phenoxy) is 1. The molecule has 2 amide bonds. The van der Waals surface area contributed by atoms with Crippen LogP contribution in [0.2, 0.25) is 0 Å². The van der Waals surface area contributed by atoms with Crippen LogP contribution in [0.25, 0.3) is 0 Å². The number of hydrogen-bond acceptors (Lipinski definition) is 3. The zero-order chi connectivity index (χ0) is 16.9. The SMILES string of the molecule is COc1ccccc1C(=O)N1CCCC1C(=O)Nc1ccccc1. The van der Waals surface area contributed by atoms with Crippen LogP contribution in [0.4, 0.5) is 5.69 Å². The average molecular weight is 324 g/mol. The fraction of sp³-hybridized carbons (Fsp3) is 0.263. The average Bonchev–Trinajstić information content (AvgIpc) is 3.12. The number of methoxy groups -OCH3 is 1. The molecule has 0 saturated carbocycles. The number of carbonyl (C=O) groups excluding carboxylic acids is 2. The van der Waals surface area contributed by atoms with Gasteiger partial charge in [0.1, 0.15) is 11.8 Å². The Morgan fingerprint density at radius 3 is 2.54 bits per heavy atom. The third-order valence-electron chi connectivity index (χ3n) is 4.20. The van der Waals surface area contributed by atoms with Gasteiger partial charge in [-0.15, -0.1) is 0 Å². The summed E-state index contributed by atoms with van der Waals surface area (Å²) in [5.74, 6) is 0.205. The maximum atomic E-state index is 12.9. The molecule has 1 aliphatic rings. The number of nitrogens with one attached hydrogen (secondary N) is 1. The Morgan fingerprint density at radius 1 is 1.08 bits per heavy atom. The molecule has 0 spiro atoms. The van der Waals surface area contributed by atoms with Gasteiger partial charge in [0.2, 0.25) is 5.91 Å². The van der Waals surface area contributed by atoms with Crippen molar-refractivity contribution >= 4 is 17.5 Å². The second kappa shape index (κ2) is 7.17. The lowest BCUT2D eigenvalue weighted by Crippen LogP contribution is -2.43. The summed E-state index contributed by atoms with van der Waals surface area (Å²) in [5.41, 5.74) is 1.22. The highest BCUT2D eigenvalue weighted by molar-refractivity contribution is 6.02. The van der Waals surface area contributed by atoms with E-state index in [0.717, 1.165) is 12.1 Å². The Morgan fingerprint density at radius 2 is 1.79 bits per heavy atom. The Bertz CT molecular complexity index is 730. The third-order valence-corrected chi connectivity index (χ3v) is 4.20. The van der Waals surface area contributed by atoms with E-state index < -0.39 is 6.04 Å². The van der Waals surface area contributed by atoms with Gasteiger partial charge in [0.05, 0.1) is 12.7 Å². The van der Waals surface area contributed by atoms with E-state index in [4.69, 9.17) is 4.74 Å². The second-order valence-electron chi connectivity index (χ2n) is 5.71. The topological polar surface area (TPSA) is 58.6 Å². The predicted molar refractivity (Wildman–Crippen MR) is 92.1 cm³/mol. The molecule has 1 fully saturated rings. The largest absolute Gasteiger partial charge is 0.496 e. The molecule has 2 aromatic carbocycles. The highest BCUT2D eigenvalue weighted by atomic mass is 16.5. The van der Waals surface area contributed by atoms with E-state index in [0.29, 0.717) is 24.3 Å². The van der Waals surface area contributed by atoms with Crippen molar-refractivity contribution in [3.05, 3.63) is 60.2 Å². The van der Waals surface area contributed by atoms with Gasteiger partial charge in [-0.2, -0.15) is 0 Å². The molecule has 1 heterocycles. The van der Waals surface area contributed by atoms with Crippen LogP contribution in [0.5, 0.6) is 5.75 Å². The van der Waals surface area contributed by atoms with Crippen LogP contribution in [-0.4, -0.2) is 36.4 Å². The van der Waals surface area contributed by atoms with Crippen molar-refractivity contribution in [3.63, 3.8) is 0 Å². The van der Waals surface area contributed by atoms with Gasteiger partial charge in [-0.05, 0) is 37.1 Å². The van der Waals surface area contributed by atoms with Gasteiger partial charge in [-0.25, -0.2) is 0 Å². The highest BCUT2D eigenvalue weighted by Crippen LogP contribution is 2.25. The molecular weight excluding hydrogens is 304 g/mol. The summed E-state index contributed by atoms with van der Waals surface area (Å²) >= 11 is 0. The number of benzene rings is 2. The van der Waals surface area contributed by atoms with Crippen LogP contribution in [0.15, 0.2) is 54.6 Å². The summed E-state index contributed by atoms with van der Waals surface area (Å²) in [5, 5.41) is 2.88. The summed E-state index contributed by atoms with van der Waals surface area (Å²) in [7, 11) is 1.54. The number of para-hydroxylation sites is 2. The van der Waals surface area contributed by atoms with Gasteiger partial charge in [0.25, 0.3) is 5.91 Å².